The molecule has 2 aromatic rings. The Labute approximate surface area is 76.6 Å². The summed E-state index contributed by atoms with van der Waals surface area (Å²) < 4.78 is 0. The normalized spacial score (nSPS) is 19.6. The van der Waals surface area contributed by atoms with E-state index >= 15 is 0 Å². The van der Waals surface area contributed by atoms with E-state index in [0.29, 0.717) is 0 Å². The molecule has 1 aliphatic carbocycles. The van der Waals surface area contributed by atoms with Crippen LogP contribution < -0.4 is 0 Å². The molecule has 3 rings (SSSR count). The average Bonchev–Trinajstić information content (AvgIpc) is 2.47. The Balaban J connectivity index is 2.51. The standard InChI is InChI=1S/C12H10O/c13-11-7-9-5-1-3-8-4-2-6-10(11)12(8)9/h1-6,11,13H,7H2/t11-/m0/s1. The zero-order chi connectivity index (χ0) is 8.84. The summed E-state index contributed by atoms with van der Waals surface area (Å²) in [7, 11) is 0. The first-order chi connectivity index (χ1) is 6.36. The van der Waals surface area contributed by atoms with Gasteiger partial charge in [-0.2, -0.15) is 0 Å². The molecule has 64 valence electrons. The Morgan fingerprint density at radius 1 is 1.08 bits per heavy atom. The molecular weight excluding hydrogens is 160 g/mol. The highest BCUT2D eigenvalue weighted by molar-refractivity contribution is 5.91. The lowest BCUT2D eigenvalue weighted by molar-refractivity contribution is 0.185. The van der Waals surface area contributed by atoms with Crippen molar-refractivity contribution in [3.8, 4) is 0 Å². The molecule has 1 atom stereocenters. The SMILES string of the molecule is O[C@H]1Cc2cccc3cccc1c23. The maximum atomic E-state index is 9.77. The summed E-state index contributed by atoms with van der Waals surface area (Å²) in [5, 5.41) is 12.3. The summed E-state index contributed by atoms with van der Waals surface area (Å²) in [4.78, 5) is 0. The molecule has 0 spiro atoms. The topological polar surface area (TPSA) is 20.2 Å². The van der Waals surface area contributed by atoms with Crippen LogP contribution in [0.25, 0.3) is 10.8 Å². The fourth-order valence-corrected chi connectivity index (χ4v) is 2.22. The van der Waals surface area contributed by atoms with Crippen molar-refractivity contribution in [2.45, 2.75) is 12.5 Å². The smallest absolute Gasteiger partial charge is 0.0836 e. The minimum absolute atomic E-state index is 0.291. The largest absolute Gasteiger partial charge is 0.388 e. The van der Waals surface area contributed by atoms with Gasteiger partial charge in [-0.05, 0) is 21.9 Å². The van der Waals surface area contributed by atoms with Gasteiger partial charge in [0.25, 0.3) is 0 Å². The second-order valence-electron chi connectivity index (χ2n) is 3.58. The molecule has 0 aliphatic heterocycles. The molecule has 1 N–H and O–H groups in total. The lowest BCUT2D eigenvalue weighted by Gasteiger charge is -2.02. The van der Waals surface area contributed by atoms with Crippen LogP contribution in [0.5, 0.6) is 0 Å². The minimum Gasteiger partial charge on any atom is -0.388 e. The van der Waals surface area contributed by atoms with E-state index in [4.69, 9.17) is 0 Å². The van der Waals surface area contributed by atoms with E-state index in [0.717, 1.165) is 12.0 Å². The molecule has 0 radical (unpaired) electrons. The van der Waals surface area contributed by atoms with Crippen LogP contribution in [0, 0.1) is 0 Å². The molecule has 0 heterocycles. The molecular formula is C12H10O. The van der Waals surface area contributed by atoms with Crippen LogP contribution >= 0.6 is 0 Å². The number of aliphatic hydroxyl groups excluding tert-OH is 1. The Bertz CT molecular complexity index is 468. The molecule has 0 aromatic heterocycles. The van der Waals surface area contributed by atoms with Crippen molar-refractivity contribution in [1.82, 2.24) is 0 Å². The van der Waals surface area contributed by atoms with Gasteiger partial charge in [0.05, 0.1) is 6.10 Å². The van der Waals surface area contributed by atoms with Crippen LogP contribution in [0.1, 0.15) is 17.2 Å². The molecule has 13 heavy (non-hydrogen) atoms. The first-order valence-corrected chi connectivity index (χ1v) is 4.55. The van der Waals surface area contributed by atoms with Crippen molar-refractivity contribution >= 4 is 10.8 Å². The Hall–Kier alpha value is -1.34. The third-order valence-electron chi connectivity index (χ3n) is 2.80. The highest BCUT2D eigenvalue weighted by Gasteiger charge is 2.21. The third-order valence-corrected chi connectivity index (χ3v) is 2.80. The molecule has 0 saturated heterocycles. The van der Waals surface area contributed by atoms with Crippen molar-refractivity contribution in [1.29, 1.82) is 0 Å². The van der Waals surface area contributed by atoms with Gasteiger partial charge in [0.1, 0.15) is 0 Å². The molecule has 1 aliphatic rings. The maximum Gasteiger partial charge on any atom is 0.0836 e. The lowest BCUT2D eigenvalue weighted by Crippen LogP contribution is -1.91. The van der Waals surface area contributed by atoms with Crippen LogP contribution in [0.2, 0.25) is 0 Å². The second-order valence-corrected chi connectivity index (χ2v) is 3.58. The Kier molecular flexibility index (Phi) is 1.27. The molecule has 2 aromatic carbocycles. The number of benzene rings is 2. The van der Waals surface area contributed by atoms with E-state index in [1.807, 2.05) is 12.1 Å². The fourth-order valence-electron chi connectivity index (χ4n) is 2.22. The average molecular weight is 170 g/mol. The van der Waals surface area contributed by atoms with Crippen molar-refractivity contribution < 1.29 is 5.11 Å². The van der Waals surface area contributed by atoms with E-state index in [-0.39, 0.29) is 6.10 Å². The van der Waals surface area contributed by atoms with Crippen LogP contribution in [-0.4, -0.2) is 5.11 Å². The minimum atomic E-state index is -0.291. The van der Waals surface area contributed by atoms with Gasteiger partial charge in [0.2, 0.25) is 0 Å². The van der Waals surface area contributed by atoms with Gasteiger partial charge in [-0.25, -0.2) is 0 Å². The number of aliphatic hydroxyl groups is 1. The van der Waals surface area contributed by atoms with E-state index in [2.05, 4.69) is 24.3 Å². The van der Waals surface area contributed by atoms with Crippen LogP contribution in [0.4, 0.5) is 0 Å². The van der Waals surface area contributed by atoms with E-state index in [1.54, 1.807) is 0 Å². The molecule has 0 unspecified atom stereocenters. The maximum absolute atomic E-state index is 9.77. The molecule has 0 fully saturated rings. The van der Waals surface area contributed by atoms with Crippen LogP contribution in [0.15, 0.2) is 36.4 Å². The third kappa shape index (κ3) is 0.850. The quantitative estimate of drug-likeness (QED) is 0.643. The van der Waals surface area contributed by atoms with Gasteiger partial charge in [-0.1, -0.05) is 36.4 Å². The molecule has 1 nitrogen and oxygen atoms in total. The predicted molar refractivity (Wildman–Crippen MR) is 52.6 cm³/mol. The molecule has 0 bridgehead atoms. The Morgan fingerprint density at radius 3 is 2.69 bits per heavy atom. The van der Waals surface area contributed by atoms with Crippen molar-refractivity contribution in [3.63, 3.8) is 0 Å². The summed E-state index contributed by atoms with van der Waals surface area (Å²) in [6, 6.07) is 12.4. The van der Waals surface area contributed by atoms with Crippen LogP contribution in [-0.2, 0) is 6.42 Å². The fraction of sp³-hybridized carbons (Fsp3) is 0.167. The monoisotopic (exact) mass is 170 g/mol. The zero-order valence-electron chi connectivity index (χ0n) is 7.20. The zero-order valence-corrected chi connectivity index (χ0v) is 7.20. The van der Waals surface area contributed by atoms with Crippen molar-refractivity contribution in [2.24, 2.45) is 0 Å². The van der Waals surface area contributed by atoms with E-state index in [1.165, 1.54) is 16.3 Å². The summed E-state index contributed by atoms with van der Waals surface area (Å²) in [5.41, 5.74) is 2.37. The van der Waals surface area contributed by atoms with Gasteiger partial charge in [-0.3, -0.25) is 0 Å². The van der Waals surface area contributed by atoms with Gasteiger partial charge in [0.15, 0.2) is 0 Å². The molecule has 0 saturated carbocycles. The number of hydrogen-bond donors (Lipinski definition) is 1. The highest BCUT2D eigenvalue weighted by atomic mass is 16.3. The summed E-state index contributed by atoms with van der Waals surface area (Å²) in [6.45, 7) is 0. The summed E-state index contributed by atoms with van der Waals surface area (Å²) in [6.07, 6.45) is 0.484. The van der Waals surface area contributed by atoms with Gasteiger partial charge in [0, 0.05) is 6.42 Å². The summed E-state index contributed by atoms with van der Waals surface area (Å²) in [5.74, 6) is 0. The predicted octanol–water partition coefficient (Wildman–Crippen LogP) is 2.43. The highest BCUT2D eigenvalue weighted by Crippen LogP contribution is 2.36. The first-order valence-electron chi connectivity index (χ1n) is 4.55. The number of rotatable bonds is 0. The molecule has 0 amide bonds. The van der Waals surface area contributed by atoms with Crippen molar-refractivity contribution in [3.05, 3.63) is 47.5 Å². The Morgan fingerprint density at radius 2 is 1.85 bits per heavy atom. The van der Waals surface area contributed by atoms with E-state index < -0.39 is 0 Å². The van der Waals surface area contributed by atoms with Gasteiger partial charge in [-0.15, -0.1) is 0 Å². The lowest BCUT2D eigenvalue weighted by atomic mass is 10.1. The van der Waals surface area contributed by atoms with Crippen molar-refractivity contribution in [2.75, 3.05) is 0 Å². The van der Waals surface area contributed by atoms with Gasteiger partial charge < -0.3 is 5.11 Å². The molecule has 1 heteroatoms. The summed E-state index contributed by atoms with van der Waals surface area (Å²) >= 11 is 0. The first kappa shape index (κ1) is 7.10. The van der Waals surface area contributed by atoms with Gasteiger partial charge >= 0.3 is 0 Å². The number of hydrogen-bond acceptors (Lipinski definition) is 1. The van der Waals surface area contributed by atoms with Crippen LogP contribution in [0.3, 0.4) is 0 Å². The second kappa shape index (κ2) is 2.33. The van der Waals surface area contributed by atoms with E-state index in [9.17, 15) is 5.11 Å².